The van der Waals surface area contributed by atoms with Crippen molar-refractivity contribution in [2.45, 2.75) is 13.5 Å². The first-order valence-corrected chi connectivity index (χ1v) is 5.97. The summed E-state index contributed by atoms with van der Waals surface area (Å²) in [5, 5.41) is 14.7. The van der Waals surface area contributed by atoms with Crippen molar-refractivity contribution in [3.63, 3.8) is 0 Å². The van der Waals surface area contributed by atoms with Gasteiger partial charge in [0.15, 0.2) is 0 Å². The van der Waals surface area contributed by atoms with Gasteiger partial charge in [0.05, 0.1) is 6.26 Å². The first-order valence-electron chi connectivity index (χ1n) is 5.97. The van der Waals surface area contributed by atoms with Crippen LogP contribution in [-0.4, -0.2) is 17.0 Å². The number of hydrogen-bond donors (Lipinski definition) is 3. The molecule has 6 heteroatoms. The molecule has 20 heavy (non-hydrogen) atoms. The number of carboxylic acids is 1. The van der Waals surface area contributed by atoms with Crippen LogP contribution in [0.15, 0.2) is 41.0 Å². The first kappa shape index (κ1) is 13.7. The number of rotatable bonds is 5. The van der Waals surface area contributed by atoms with Gasteiger partial charge in [-0.25, -0.2) is 4.79 Å². The fourth-order valence-corrected chi connectivity index (χ4v) is 1.73. The van der Waals surface area contributed by atoms with Gasteiger partial charge in [0.2, 0.25) is 11.7 Å². The highest BCUT2D eigenvalue weighted by atomic mass is 16.4. The average molecular weight is 274 g/mol. The Hall–Kier alpha value is -2.76. The second-order valence-electron chi connectivity index (χ2n) is 4.19. The highest BCUT2D eigenvalue weighted by molar-refractivity contribution is 5.88. The van der Waals surface area contributed by atoms with Gasteiger partial charge in [0.25, 0.3) is 0 Å². The second kappa shape index (κ2) is 5.92. The third-order valence-electron chi connectivity index (χ3n) is 2.63. The summed E-state index contributed by atoms with van der Waals surface area (Å²) in [6.45, 7) is 1.79. The molecule has 6 nitrogen and oxygen atoms in total. The summed E-state index contributed by atoms with van der Waals surface area (Å²) in [6.07, 6.45) is 1.35. The standard InChI is InChI=1S/C14H14N2O4/c1-9(17)16-12-4-2-11(3-5-12)15-8-10-6-7-20-13(10)14(18)19/h2-7,15H,8H2,1H3,(H,16,17)(H,18,19). The number of hydrogen-bond acceptors (Lipinski definition) is 4. The van der Waals surface area contributed by atoms with Crippen molar-refractivity contribution in [3.05, 3.63) is 47.9 Å². The summed E-state index contributed by atoms with van der Waals surface area (Å²) in [5.41, 5.74) is 2.10. The Kier molecular flexibility index (Phi) is 4.05. The van der Waals surface area contributed by atoms with E-state index in [0.717, 1.165) is 5.69 Å². The minimum atomic E-state index is -1.09. The third-order valence-corrected chi connectivity index (χ3v) is 2.63. The number of benzene rings is 1. The number of aromatic carboxylic acids is 1. The van der Waals surface area contributed by atoms with E-state index in [0.29, 0.717) is 17.8 Å². The molecule has 1 amide bonds. The Morgan fingerprint density at radius 1 is 1.15 bits per heavy atom. The van der Waals surface area contributed by atoms with Crippen LogP contribution in [0.5, 0.6) is 0 Å². The molecule has 0 spiro atoms. The number of furan rings is 1. The number of carboxylic acid groups (broad SMARTS) is 1. The number of nitrogens with one attached hydrogen (secondary N) is 2. The Morgan fingerprint density at radius 2 is 1.80 bits per heavy atom. The molecule has 0 fully saturated rings. The van der Waals surface area contributed by atoms with Crippen LogP contribution in [0.2, 0.25) is 0 Å². The van der Waals surface area contributed by atoms with E-state index in [1.807, 2.05) is 0 Å². The second-order valence-corrected chi connectivity index (χ2v) is 4.19. The molecule has 0 aliphatic rings. The molecular formula is C14H14N2O4. The molecule has 0 unspecified atom stereocenters. The van der Waals surface area contributed by atoms with Crippen molar-refractivity contribution in [1.29, 1.82) is 0 Å². The topological polar surface area (TPSA) is 91.6 Å². The van der Waals surface area contributed by atoms with Crippen LogP contribution < -0.4 is 10.6 Å². The lowest BCUT2D eigenvalue weighted by molar-refractivity contribution is -0.114. The predicted molar refractivity (Wildman–Crippen MR) is 73.7 cm³/mol. The molecule has 3 N–H and O–H groups in total. The zero-order valence-electron chi connectivity index (χ0n) is 10.8. The minimum Gasteiger partial charge on any atom is -0.475 e. The minimum absolute atomic E-state index is 0.0626. The van der Waals surface area contributed by atoms with Gasteiger partial charge in [-0.05, 0) is 30.3 Å². The van der Waals surface area contributed by atoms with Crippen molar-refractivity contribution in [1.82, 2.24) is 0 Å². The van der Waals surface area contributed by atoms with Crippen LogP contribution >= 0.6 is 0 Å². The Balaban J connectivity index is 1.98. The van der Waals surface area contributed by atoms with Crippen molar-refractivity contribution in [3.8, 4) is 0 Å². The highest BCUT2D eigenvalue weighted by Gasteiger charge is 2.13. The molecule has 0 saturated carbocycles. The van der Waals surface area contributed by atoms with Crippen LogP contribution in [0.3, 0.4) is 0 Å². The highest BCUT2D eigenvalue weighted by Crippen LogP contribution is 2.16. The smallest absolute Gasteiger partial charge is 0.372 e. The maximum absolute atomic E-state index is 10.9. The number of carbonyl (C=O) groups excluding carboxylic acids is 1. The largest absolute Gasteiger partial charge is 0.475 e. The summed E-state index contributed by atoms with van der Waals surface area (Å²) in [4.78, 5) is 21.8. The number of amides is 1. The molecule has 0 radical (unpaired) electrons. The molecule has 2 rings (SSSR count). The molecule has 2 aromatic rings. The summed E-state index contributed by atoms with van der Waals surface area (Å²) < 4.78 is 4.89. The summed E-state index contributed by atoms with van der Waals surface area (Å²) >= 11 is 0. The summed E-state index contributed by atoms with van der Waals surface area (Å²) in [7, 11) is 0. The van der Waals surface area contributed by atoms with E-state index in [-0.39, 0.29) is 11.7 Å². The molecule has 1 heterocycles. The van der Waals surface area contributed by atoms with Crippen molar-refractivity contribution in [2.24, 2.45) is 0 Å². The lowest BCUT2D eigenvalue weighted by Gasteiger charge is -2.07. The normalized spacial score (nSPS) is 10.1. The van der Waals surface area contributed by atoms with Gasteiger partial charge in [-0.3, -0.25) is 4.79 Å². The van der Waals surface area contributed by atoms with Crippen molar-refractivity contribution in [2.75, 3.05) is 10.6 Å². The molecule has 1 aromatic carbocycles. The van der Waals surface area contributed by atoms with E-state index in [1.54, 1.807) is 30.3 Å². The van der Waals surface area contributed by atoms with E-state index in [1.165, 1.54) is 13.2 Å². The zero-order chi connectivity index (χ0) is 14.5. The van der Waals surface area contributed by atoms with Crippen molar-refractivity contribution >= 4 is 23.3 Å². The van der Waals surface area contributed by atoms with E-state index in [2.05, 4.69) is 10.6 Å². The quantitative estimate of drug-likeness (QED) is 0.779. The van der Waals surface area contributed by atoms with E-state index in [4.69, 9.17) is 9.52 Å². The fourth-order valence-electron chi connectivity index (χ4n) is 1.73. The maximum atomic E-state index is 10.9. The van der Waals surface area contributed by atoms with E-state index < -0.39 is 5.97 Å². The maximum Gasteiger partial charge on any atom is 0.372 e. The van der Waals surface area contributed by atoms with Gasteiger partial charge in [0, 0.05) is 30.4 Å². The van der Waals surface area contributed by atoms with Gasteiger partial charge >= 0.3 is 5.97 Å². The lowest BCUT2D eigenvalue weighted by atomic mass is 10.2. The van der Waals surface area contributed by atoms with Crippen LogP contribution in [0.1, 0.15) is 23.0 Å². The van der Waals surface area contributed by atoms with Gasteiger partial charge in [0.1, 0.15) is 0 Å². The van der Waals surface area contributed by atoms with Gasteiger partial charge in [-0.1, -0.05) is 0 Å². The number of carbonyl (C=O) groups is 2. The van der Waals surface area contributed by atoms with E-state index >= 15 is 0 Å². The van der Waals surface area contributed by atoms with Gasteiger partial charge < -0.3 is 20.2 Å². The Labute approximate surface area is 115 Å². The van der Waals surface area contributed by atoms with E-state index in [9.17, 15) is 9.59 Å². The summed E-state index contributed by atoms with van der Waals surface area (Å²) in [5.74, 6) is -1.28. The van der Waals surface area contributed by atoms with Crippen LogP contribution in [0.4, 0.5) is 11.4 Å². The molecular weight excluding hydrogens is 260 g/mol. The molecule has 0 aliphatic carbocycles. The Bertz CT molecular complexity index is 616. The molecule has 104 valence electrons. The van der Waals surface area contributed by atoms with Gasteiger partial charge in [-0.2, -0.15) is 0 Å². The molecule has 0 atom stereocenters. The molecule has 1 aromatic heterocycles. The third kappa shape index (κ3) is 3.38. The molecule has 0 saturated heterocycles. The Morgan fingerprint density at radius 3 is 2.40 bits per heavy atom. The molecule has 0 aliphatic heterocycles. The number of anilines is 2. The predicted octanol–water partition coefficient (Wildman–Crippen LogP) is 2.55. The summed E-state index contributed by atoms with van der Waals surface area (Å²) in [6, 6.07) is 8.73. The lowest BCUT2D eigenvalue weighted by Crippen LogP contribution is -2.06. The van der Waals surface area contributed by atoms with Crippen LogP contribution in [0, 0.1) is 0 Å². The monoisotopic (exact) mass is 274 g/mol. The van der Waals surface area contributed by atoms with Crippen LogP contribution in [-0.2, 0) is 11.3 Å². The fraction of sp³-hybridized carbons (Fsp3) is 0.143. The van der Waals surface area contributed by atoms with Gasteiger partial charge in [-0.15, -0.1) is 0 Å². The first-order chi connectivity index (χ1) is 9.56. The van der Waals surface area contributed by atoms with Crippen LogP contribution in [0.25, 0.3) is 0 Å². The molecule has 0 bridgehead atoms. The van der Waals surface area contributed by atoms with Crippen molar-refractivity contribution < 1.29 is 19.1 Å². The SMILES string of the molecule is CC(=O)Nc1ccc(NCc2ccoc2C(=O)O)cc1. The average Bonchev–Trinajstić information content (AvgIpc) is 2.86. The zero-order valence-corrected chi connectivity index (χ0v) is 10.8.